The number of hydrogen-bond acceptors (Lipinski definition) is 4. The fraction of sp³-hybridized carbons (Fsp3) is 0.846. The Balaban J connectivity index is 2.10. The second kappa shape index (κ2) is 5.80. The predicted molar refractivity (Wildman–Crippen MR) is 70.4 cm³/mol. The number of rotatable bonds is 6. The number of aromatic nitrogens is 3. The Kier molecular flexibility index (Phi) is 4.35. The van der Waals surface area contributed by atoms with Gasteiger partial charge in [-0.2, -0.15) is 0 Å². The normalized spacial score (nSPS) is 20.2. The zero-order valence-corrected chi connectivity index (χ0v) is 11.6. The van der Waals surface area contributed by atoms with Crippen LogP contribution in [0.15, 0.2) is 6.20 Å². The smallest absolute Gasteiger partial charge is 0.0843 e. The molecular formula is C13H24N4O. The van der Waals surface area contributed by atoms with E-state index in [2.05, 4.69) is 22.6 Å². The summed E-state index contributed by atoms with van der Waals surface area (Å²) in [4.78, 5) is 0. The first-order chi connectivity index (χ1) is 8.70. The summed E-state index contributed by atoms with van der Waals surface area (Å²) in [6.07, 6.45) is 7.68. The monoisotopic (exact) mass is 252 g/mol. The summed E-state index contributed by atoms with van der Waals surface area (Å²) < 4.78 is 7.86. The summed E-state index contributed by atoms with van der Waals surface area (Å²) in [5.41, 5.74) is 1.02. The average molecular weight is 252 g/mol. The molecule has 1 saturated carbocycles. The van der Waals surface area contributed by atoms with Gasteiger partial charge in [0.1, 0.15) is 0 Å². The number of aryl methyl sites for hydroxylation is 1. The molecule has 0 aromatic carbocycles. The number of likely N-dealkylation sites (N-methyl/N-ethyl adjacent to an activating group) is 1. The van der Waals surface area contributed by atoms with Crippen LogP contribution in [0.25, 0.3) is 0 Å². The summed E-state index contributed by atoms with van der Waals surface area (Å²) in [7, 11) is 3.92. The molecule has 1 unspecified atom stereocenters. The molecule has 0 spiro atoms. The molecule has 1 N–H and O–H groups in total. The van der Waals surface area contributed by atoms with Gasteiger partial charge in [0, 0.05) is 32.3 Å². The molecule has 1 aromatic heterocycles. The van der Waals surface area contributed by atoms with Crippen molar-refractivity contribution in [3.63, 3.8) is 0 Å². The number of nitrogens with one attached hydrogen (secondary N) is 1. The third kappa shape index (κ3) is 2.72. The quantitative estimate of drug-likeness (QED) is 0.829. The van der Waals surface area contributed by atoms with Crippen molar-refractivity contribution in [1.82, 2.24) is 20.3 Å². The number of nitrogens with zero attached hydrogens (tertiary/aromatic N) is 3. The predicted octanol–water partition coefficient (Wildman–Crippen LogP) is 1.29. The molecule has 0 bridgehead atoms. The van der Waals surface area contributed by atoms with E-state index < -0.39 is 0 Å². The van der Waals surface area contributed by atoms with Crippen LogP contribution in [0, 0.1) is 0 Å². The van der Waals surface area contributed by atoms with Crippen LogP contribution in [0.2, 0.25) is 0 Å². The van der Waals surface area contributed by atoms with Gasteiger partial charge in [-0.05, 0) is 26.8 Å². The SMILES string of the molecule is CCOC1(C(Cc2cn(C)nn2)NC)CCCC1. The van der Waals surface area contributed by atoms with Crippen molar-refractivity contribution in [1.29, 1.82) is 0 Å². The van der Waals surface area contributed by atoms with Crippen LogP contribution < -0.4 is 5.32 Å². The molecule has 1 fully saturated rings. The van der Waals surface area contributed by atoms with Crippen molar-refractivity contribution in [2.24, 2.45) is 7.05 Å². The van der Waals surface area contributed by atoms with E-state index in [0.29, 0.717) is 6.04 Å². The Bertz CT molecular complexity index is 371. The number of hydrogen-bond donors (Lipinski definition) is 1. The summed E-state index contributed by atoms with van der Waals surface area (Å²) in [6.45, 7) is 2.85. The van der Waals surface area contributed by atoms with E-state index in [0.717, 1.165) is 31.6 Å². The lowest BCUT2D eigenvalue weighted by Crippen LogP contribution is -2.51. The largest absolute Gasteiger partial charge is 0.374 e. The third-order valence-corrected chi connectivity index (χ3v) is 3.93. The Morgan fingerprint density at radius 3 is 2.72 bits per heavy atom. The first kappa shape index (κ1) is 13.5. The van der Waals surface area contributed by atoms with E-state index in [4.69, 9.17) is 4.74 Å². The summed E-state index contributed by atoms with van der Waals surface area (Å²) >= 11 is 0. The van der Waals surface area contributed by atoms with Gasteiger partial charge < -0.3 is 10.1 Å². The Morgan fingerprint density at radius 1 is 1.50 bits per heavy atom. The Morgan fingerprint density at radius 2 is 2.22 bits per heavy atom. The number of ether oxygens (including phenoxy) is 1. The van der Waals surface area contributed by atoms with E-state index in [-0.39, 0.29) is 5.60 Å². The minimum Gasteiger partial charge on any atom is -0.374 e. The van der Waals surface area contributed by atoms with Crippen LogP contribution in [-0.4, -0.2) is 40.3 Å². The lowest BCUT2D eigenvalue weighted by atomic mass is 9.88. The maximum absolute atomic E-state index is 6.10. The van der Waals surface area contributed by atoms with Crippen LogP contribution in [0.4, 0.5) is 0 Å². The minimum absolute atomic E-state index is 0.0129. The van der Waals surface area contributed by atoms with Crippen LogP contribution in [-0.2, 0) is 18.2 Å². The molecule has 0 amide bonds. The van der Waals surface area contributed by atoms with Crippen LogP contribution in [0.5, 0.6) is 0 Å². The van der Waals surface area contributed by atoms with E-state index in [1.807, 2.05) is 20.3 Å². The van der Waals surface area contributed by atoms with Gasteiger partial charge in [-0.1, -0.05) is 18.1 Å². The molecule has 1 aliphatic carbocycles. The van der Waals surface area contributed by atoms with Gasteiger partial charge in [0.25, 0.3) is 0 Å². The van der Waals surface area contributed by atoms with Crippen LogP contribution in [0.3, 0.4) is 0 Å². The maximum atomic E-state index is 6.10. The zero-order valence-electron chi connectivity index (χ0n) is 11.6. The molecule has 0 radical (unpaired) electrons. The first-order valence-electron chi connectivity index (χ1n) is 6.86. The Hall–Kier alpha value is -0.940. The van der Waals surface area contributed by atoms with Crippen molar-refractivity contribution in [3.8, 4) is 0 Å². The summed E-state index contributed by atoms with van der Waals surface area (Å²) in [6, 6.07) is 0.316. The van der Waals surface area contributed by atoms with Crippen molar-refractivity contribution >= 4 is 0 Å². The van der Waals surface area contributed by atoms with Crippen molar-refractivity contribution in [2.45, 2.75) is 50.7 Å². The second-order valence-electron chi connectivity index (χ2n) is 5.13. The maximum Gasteiger partial charge on any atom is 0.0843 e. The standard InChI is InChI=1S/C13H24N4O/c1-4-18-13(7-5-6-8-13)12(14-2)9-11-10-17(3)16-15-11/h10,12,14H,4-9H2,1-3H3. The molecule has 102 valence electrons. The van der Waals surface area contributed by atoms with E-state index in [1.54, 1.807) is 4.68 Å². The fourth-order valence-corrected chi connectivity index (χ4v) is 3.10. The van der Waals surface area contributed by atoms with Gasteiger partial charge in [-0.3, -0.25) is 4.68 Å². The molecule has 0 saturated heterocycles. The lowest BCUT2D eigenvalue weighted by Gasteiger charge is -2.37. The molecule has 1 atom stereocenters. The summed E-state index contributed by atoms with van der Waals surface area (Å²) in [5.74, 6) is 0. The molecule has 2 rings (SSSR count). The van der Waals surface area contributed by atoms with Crippen LogP contribution >= 0.6 is 0 Å². The molecular weight excluding hydrogens is 228 g/mol. The van der Waals surface area contributed by atoms with E-state index in [1.165, 1.54) is 12.8 Å². The summed E-state index contributed by atoms with van der Waals surface area (Å²) in [5, 5.41) is 11.6. The molecule has 1 heterocycles. The Labute approximate surface area is 109 Å². The van der Waals surface area contributed by atoms with Crippen molar-refractivity contribution < 1.29 is 4.74 Å². The van der Waals surface area contributed by atoms with Gasteiger partial charge in [0.2, 0.25) is 0 Å². The second-order valence-corrected chi connectivity index (χ2v) is 5.13. The molecule has 1 aliphatic rings. The molecule has 18 heavy (non-hydrogen) atoms. The average Bonchev–Trinajstić information content (AvgIpc) is 2.97. The molecule has 1 aromatic rings. The first-order valence-corrected chi connectivity index (χ1v) is 6.86. The topological polar surface area (TPSA) is 52.0 Å². The fourth-order valence-electron chi connectivity index (χ4n) is 3.10. The van der Waals surface area contributed by atoms with Gasteiger partial charge in [-0.25, -0.2) is 0 Å². The van der Waals surface area contributed by atoms with Crippen LogP contribution in [0.1, 0.15) is 38.3 Å². The van der Waals surface area contributed by atoms with Gasteiger partial charge in [0.15, 0.2) is 0 Å². The van der Waals surface area contributed by atoms with Gasteiger partial charge in [0.05, 0.1) is 11.3 Å². The highest BCUT2D eigenvalue weighted by Crippen LogP contribution is 2.37. The van der Waals surface area contributed by atoms with Gasteiger partial charge >= 0.3 is 0 Å². The minimum atomic E-state index is -0.0129. The lowest BCUT2D eigenvalue weighted by molar-refractivity contribution is -0.0598. The molecule has 5 heteroatoms. The van der Waals surface area contributed by atoms with Crippen molar-refractivity contribution in [2.75, 3.05) is 13.7 Å². The highest BCUT2D eigenvalue weighted by molar-refractivity contribution is 5.04. The van der Waals surface area contributed by atoms with E-state index >= 15 is 0 Å². The molecule has 0 aliphatic heterocycles. The molecule has 5 nitrogen and oxygen atoms in total. The van der Waals surface area contributed by atoms with Gasteiger partial charge in [-0.15, -0.1) is 5.10 Å². The van der Waals surface area contributed by atoms with Crippen molar-refractivity contribution in [3.05, 3.63) is 11.9 Å². The van der Waals surface area contributed by atoms with E-state index in [9.17, 15) is 0 Å². The third-order valence-electron chi connectivity index (χ3n) is 3.93. The highest BCUT2D eigenvalue weighted by atomic mass is 16.5. The zero-order chi connectivity index (χ0) is 13.0. The highest BCUT2D eigenvalue weighted by Gasteiger charge is 2.41.